The van der Waals surface area contributed by atoms with Gasteiger partial charge in [0.1, 0.15) is 6.61 Å². The summed E-state index contributed by atoms with van der Waals surface area (Å²) >= 11 is 0. The van der Waals surface area contributed by atoms with E-state index in [-0.39, 0.29) is 11.9 Å². The van der Waals surface area contributed by atoms with E-state index in [1.165, 1.54) is 0 Å². The molecule has 6 heteroatoms. The molecule has 2 heterocycles. The van der Waals surface area contributed by atoms with Crippen LogP contribution in [-0.2, 0) is 4.79 Å². The Hall–Kier alpha value is -1.69. The minimum Gasteiger partial charge on any atom is -0.387 e. The minimum atomic E-state index is -0.424. The van der Waals surface area contributed by atoms with Gasteiger partial charge in [0.05, 0.1) is 0 Å². The van der Waals surface area contributed by atoms with Gasteiger partial charge in [0, 0.05) is 38.1 Å². The van der Waals surface area contributed by atoms with E-state index in [4.69, 9.17) is 5.11 Å². The number of rotatable bonds is 3. The fourth-order valence-corrected chi connectivity index (χ4v) is 2.36. The number of nitrogens with zero attached hydrogens (tertiary/aromatic N) is 4. The molecule has 2 rings (SSSR count). The Labute approximate surface area is 119 Å². The van der Waals surface area contributed by atoms with Crippen LogP contribution in [0.4, 0.5) is 5.95 Å². The van der Waals surface area contributed by atoms with Crippen LogP contribution >= 0.6 is 0 Å². The topological polar surface area (TPSA) is 69.6 Å². The molecule has 0 radical (unpaired) electrons. The highest BCUT2D eigenvalue weighted by molar-refractivity contribution is 5.77. The molecule has 1 atom stereocenters. The van der Waals surface area contributed by atoms with Gasteiger partial charge < -0.3 is 14.9 Å². The summed E-state index contributed by atoms with van der Waals surface area (Å²) in [5.74, 6) is 0.908. The molecule has 1 aliphatic heterocycles. The van der Waals surface area contributed by atoms with Gasteiger partial charge in [-0.25, -0.2) is 9.97 Å². The van der Waals surface area contributed by atoms with Gasteiger partial charge in [-0.15, -0.1) is 0 Å². The lowest BCUT2D eigenvalue weighted by Crippen LogP contribution is -2.54. The quantitative estimate of drug-likeness (QED) is 0.878. The van der Waals surface area contributed by atoms with E-state index in [0.29, 0.717) is 31.5 Å². The van der Waals surface area contributed by atoms with E-state index in [1.807, 2.05) is 19.3 Å². The van der Waals surface area contributed by atoms with Gasteiger partial charge in [-0.2, -0.15) is 0 Å². The van der Waals surface area contributed by atoms with Crippen molar-refractivity contribution < 1.29 is 9.90 Å². The third-order valence-corrected chi connectivity index (χ3v) is 3.70. The summed E-state index contributed by atoms with van der Waals surface area (Å²) in [7, 11) is 0. The zero-order chi connectivity index (χ0) is 14.7. The fraction of sp³-hybridized carbons (Fsp3) is 0.643. The molecule has 20 heavy (non-hydrogen) atoms. The maximum absolute atomic E-state index is 11.5. The SMILES string of the molecule is CC(C)c1cnc(N2CCN(C(=O)CO)CC2C)nc1. The molecule has 1 N–H and O–H groups in total. The van der Waals surface area contributed by atoms with Crippen molar-refractivity contribution in [2.75, 3.05) is 31.1 Å². The van der Waals surface area contributed by atoms with Gasteiger partial charge >= 0.3 is 0 Å². The average molecular weight is 278 g/mol. The first-order valence-corrected chi connectivity index (χ1v) is 7.00. The van der Waals surface area contributed by atoms with Crippen LogP contribution in [0, 0.1) is 0 Å². The Kier molecular flexibility index (Phi) is 4.54. The van der Waals surface area contributed by atoms with E-state index in [9.17, 15) is 4.79 Å². The molecule has 0 saturated carbocycles. The van der Waals surface area contributed by atoms with Crippen LogP contribution < -0.4 is 4.90 Å². The number of hydrogen-bond donors (Lipinski definition) is 1. The minimum absolute atomic E-state index is 0.143. The van der Waals surface area contributed by atoms with Gasteiger partial charge in [-0.3, -0.25) is 4.79 Å². The number of carbonyl (C=O) groups is 1. The second-order valence-electron chi connectivity index (χ2n) is 5.51. The predicted molar refractivity (Wildman–Crippen MR) is 76.6 cm³/mol. The highest BCUT2D eigenvalue weighted by atomic mass is 16.3. The number of anilines is 1. The van der Waals surface area contributed by atoms with Crippen molar-refractivity contribution in [3.8, 4) is 0 Å². The second-order valence-corrected chi connectivity index (χ2v) is 5.51. The maximum atomic E-state index is 11.5. The van der Waals surface area contributed by atoms with Crippen LogP contribution in [0.2, 0.25) is 0 Å². The van der Waals surface area contributed by atoms with E-state index in [0.717, 1.165) is 5.56 Å². The predicted octanol–water partition coefficient (Wildman–Crippen LogP) is 0.629. The molecule has 1 saturated heterocycles. The molecule has 1 aromatic heterocycles. The van der Waals surface area contributed by atoms with Crippen molar-refractivity contribution >= 4 is 11.9 Å². The first-order valence-electron chi connectivity index (χ1n) is 7.00. The van der Waals surface area contributed by atoms with E-state index < -0.39 is 6.61 Å². The maximum Gasteiger partial charge on any atom is 0.248 e. The number of aromatic nitrogens is 2. The van der Waals surface area contributed by atoms with Crippen molar-refractivity contribution in [3.05, 3.63) is 18.0 Å². The van der Waals surface area contributed by atoms with E-state index >= 15 is 0 Å². The molecule has 1 aliphatic rings. The highest BCUT2D eigenvalue weighted by Crippen LogP contribution is 2.18. The largest absolute Gasteiger partial charge is 0.387 e. The highest BCUT2D eigenvalue weighted by Gasteiger charge is 2.27. The smallest absolute Gasteiger partial charge is 0.248 e. The number of hydrogen-bond acceptors (Lipinski definition) is 5. The molecule has 0 bridgehead atoms. The van der Waals surface area contributed by atoms with Gasteiger partial charge in [0.2, 0.25) is 11.9 Å². The van der Waals surface area contributed by atoms with Crippen LogP contribution in [0.5, 0.6) is 0 Å². The molecular weight excluding hydrogens is 256 g/mol. The van der Waals surface area contributed by atoms with Gasteiger partial charge in [0.15, 0.2) is 0 Å². The standard InChI is InChI=1S/C14H22N4O2/c1-10(2)12-6-15-14(16-7-12)18-5-4-17(8-11(18)3)13(20)9-19/h6-7,10-11,19H,4-5,8-9H2,1-3H3. The van der Waals surface area contributed by atoms with Gasteiger partial charge in [-0.1, -0.05) is 13.8 Å². The Bertz CT molecular complexity index is 461. The second kappa shape index (κ2) is 6.17. The number of carbonyl (C=O) groups excluding carboxylic acids is 1. The molecule has 0 spiro atoms. The van der Waals surface area contributed by atoms with Crippen LogP contribution in [0.15, 0.2) is 12.4 Å². The third kappa shape index (κ3) is 3.07. The molecule has 1 unspecified atom stereocenters. The Balaban J connectivity index is 2.05. The molecule has 0 aliphatic carbocycles. The summed E-state index contributed by atoms with van der Waals surface area (Å²) in [6.07, 6.45) is 3.73. The zero-order valence-corrected chi connectivity index (χ0v) is 12.3. The third-order valence-electron chi connectivity index (χ3n) is 3.70. The Morgan fingerprint density at radius 2 is 2.05 bits per heavy atom. The molecular formula is C14H22N4O2. The van der Waals surface area contributed by atoms with Crippen molar-refractivity contribution in [2.45, 2.75) is 32.7 Å². The lowest BCUT2D eigenvalue weighted by Gasteiger charge is -2.39. The first kappa shape index (κ1) is 14.7. The summed E-state index contributed by atoms with van der Waals surface area (Å²) < 4.78 is 0. The lowest BCUT2D eigenvalue weighted by atomic mass is 10.1. The van der Waals surface area contributed by atoms with E-state index in [1.54, 1.807) is 4.90 Å². The molecule has 0 aromatic carbocycles. The zero-order valence-electron chi connectivity index (χ0n) is 12.3. The monoisotopic (exact) mass is 278 g/mol. The van der Waals surface area contributed by atoms with Crippen LogP contribution in [0.1, 0.15) is 32.3 Å². The lowest BCUT2D eigenvalue weighted by molar-refractivity contribution is -0.134. The summed E-state index contributed by atoms with van der Waals surface area (Å²) in [5.41, 5.74) is 1.12. The molecule has 1 fully saturated rings. The molecule has 1 aromatic rings. The summed E-state index contributed by atoms with van der Waals surface area (Å²) in [4.78, 5) is 24.1. The Morgan fingerprint density at radius 1 is 1.40 bits per heavy atom. The van der Waals surface area contributed by atoms with Crippen LogP contribution in [0.25, 0.3) is 0 Å². The van der Waals surface area contributed by atoms with Crippen LogP contribution in [-0.4, -0.2) is 58.2 Å². The summed E-state index contributed by atoms with van der Waals surface area (Å²) in [6, 6.07) is 0.143. The average Bonchev–Trinajstić information content (AvgIpc) is 2.46. The van der Waals surface area contributed by atoms with Crippen molar-refractivity contribution in [3.63, 3.8) is 0 Å². The number of aliphatic hydroxyl groups is 1. The number of amides is 1. The molecule has 110 valence electrons. The normalized spacial score (nSPS) is 19.6. The van der Waals surface area contributed by atoms with Crippen molar-refractivity contribution in [2.24, 2.45) is 0 Å². The number of piperazine rings is 1. The molecule has 1 amide bonds. The van der Waals surface area contributed by atoms with E-state index in [2.05, 4.69) is 28.7 Å². The first-order chi connectivity index (χ1) is 9.52. The van der Waals surface area contributed by atoms with Crippen molar-refractivity contribution in [1.29, 1.82) is 0 Å². The van der Waals surface area contributed by atoms with Crippen LogP contribution in [0.3, 0.4) is 0 Å². The summed E-state index contributed by atoms with van der Waals surface area (Å²) in [6.45, 7) is 7.71. The van der Waals surface area contributed by atoms with Crippen molar-refractivity contribution in [1.82, 2.24) is 14.9 Å². The fourth-order valence-electron chi connectivity index (χ4n) is 2.36. The summed E-state index contributed by atoms with van der Waals surface area (Å²) in [5, 5.41) is 8.91. The van der Waals surface area contributed by atoms with Gasteiger partial charge in [0.25, 0.3) is 0 Å². The Morgan fingerprint density at radius 3 is 2.55 bits per heavy atom. The molecule has 6 nitrogen and oxygen atoms in total. The number of aliphatic hydroxyl groups excluding tert-OH is 1. The van der Waals surface area contributed by atoms with Gasteiger partial charge in [-0.05, 0) is 18.4 Å².